The van der Waals surface area contributed by atoms with Crippen LogP contribution in [0.25, 0.3) is 11.1 Å². The van der Waals surface area contributed by atoms with E-state index in [4.69, 9.17) is 9.47 Å². The Balaban J connectivity index is 1.19. The number of hydrogen-bond donors (Lipinski definition) is 2. The molecule has 0 amide bonds. The maximum absolute atomic E-state index is 10.8. The molecular formula is C28H31NO4. The molecule has 1 saturated heterocycles. The van der Waals surface area contributed by atoms with Gasteiger partial charge in [-0.3, -0.25) is 0 Å². The first kappa shape index (κ1) is 22.0. The molecule has 5 nitrogen and oxygen atoms in total. The highest BCUT2D eigenvalue weighted by Gasteiger charge is 2.43. The topological polar surface area (TPSA) is 62.2 Å². The van der Waals surface area contributed by atoms with Gasteiger partial charge in [0.1, 0.15) is 17.1 Å². The molecule has 3 aromatic rings. The van der Waals surface area contributed by atoms with E-state index in [0.717, 1.165) is 54.1 Å². The second-order valence-electron chi connectivity index (χ2n) is 9.21. The number of nitrogens with zero attached hydrogens (tertiary/aromatic N) is 1. The molecule has 0 radical (unpaired) electrons. The average Bonchev–Trinajstić information content (AvgIpc) is 2.86. The van der Waals surface area contributed by atoms with E-state index in [0.29, 0.717) is 13.0 Å². The predicted octanol–water partition coefficient (Wildman–Crippen LogP) is 4.75. The third kappa shape index (κ3) is 4.62. The molecule has 0 aromatic heterocycles. The smallest absolute Gasteiger partial charge is 0.126 e. The van der Waals surface area contributed by atoms with Gasteiger partial charge in [-0.25, -0.2) is 0 Å². The molecule has 2 aliphatic heterocycles. The number of piperidine rings is 1. The average molecular weight is 446 g/mol. The number of likely N-dealkylation sites (tertiary alicyclic amines) is 1. The number of methoxy groups -OCH3 is 1. The van der Waals surface area contributed by atoms with Crippen LogP contribution in [0.3, 0.4) is 0 Å². The highest BCUT2D eigenvalue weighted by atomic mass is 16.5. The molecule has 33 heavy (non-hydrogen) atoms. The lowest BCUT2D eigenvalue weighted by Gasteiger charge is -2.46. The van der Waals surface area contributed by atoms with Gasteiger partial charge in [-0.05, 0) is 47.7 Å². The molecule has 0 unspecified atom stereocenters. The zero-order valence-electron chi connectivity index (χ0n) is 19.0. The Bertz CT molecular complexity index is 1070. The van der Waals surface area contributed by atoms with Gasteiger partial charge in [0.05, 0.1) is 19.3 Å². The van der Waals surface area contributed by atoms with Crippen LogP contribution in [0.2, 0.25) is 0 Å². The summed E-state index contributed by atoms with van der Waals surface area (Å²) in [5.41, 5.74) is 3.71. The molecule has 0 saturated carbocycles. The molecule has 0 aliphatic carbocycles. The Morgan fingerprint density at radius 2 is 1.70 bits per heavy atom. The van der Waals surface area contributed by atoms with Gasteiger partial charge < -0.3 is 24.6 Å². The fourth-order valence-electron chi connectivity index (χ4n) is 5.07. The highest BCUT2D eigenvalue weighted by molar-refractivity contribution is 5.63. The van der Waals surface area contributed by atoms with Gasteiger partial charge >= 0.3 is 0 Å². The molecule has 2 N–H and O–H groups in total. The lowest BCUT2D eigenvalue weighted by atomic mass is 9.81. The van der Waals surface area contributed by atoms with Crippen molar-refractivity contribution < 1.29 is 19.7 Å². The Morgan fingerprint density at radius 1 is 1.00 bits per heavy atom. The molecule has 0 bridgehead atoms. The van der Waals surface area contributed by atoms with E-state index in [1.807, 2.05) is 48.5 Å². The van der Waals surface area contributed by atoms with E-state index in [1.165, 1.54) is 5.56 Å². The lowest BCUT2D eigenvalue weighted by Crippen LogP contribution is -2.51. The van der Waals surface area contributed by atoms with Crippen molar-refractivity contribution in [1.82, 2.24) is 4.90 Å². The maximum Gasteiger partial charge on any atom is 0.126 e. The van der Waals surface area contributed by atoms with Crippen LogP contribution in [0, 0.1) is 0 Å². The monoisotopic (exact) mass is 445 g/mol. The molecule has 172 valence electrons. The van der Waals surface area contributed by atoms with Crippen LogP contribution in [-0.2, 0) is 0 Å². The summed E-state index contributed by atoms with van der Waals surface area (Å²) in [5.74, 6) is 1.48. The summed E-state index contributed by atoms with van der Waals surface area (Å²) >= 11 is 0. The molecule has 2 heterocycles. The van der Waals surface area contributed by atoms with Crippen LogP contribution in [0.5, 0.6) is 11.5 Å². The van der Waals surface area contributed by atoms with Crippen molar-refractivity contribution in [3.63, 3.8) is 0 Å². The van der Waals surface area contributed by atoms with Gasteiger partial charge in [0, 0.05) is 31.6 Å². The van der Waals surface area contributed by atoms with Crippen LogP contribution >= 0.6 is 0 Å². The molecule has 3 aromatic carbocycles. The first-order chi connectivity index (χ1) is 16.0. The highest BCUT2D eigenvalue weighted by Crippen LogP contribution is 2.45. The van der Waals surface area contributed by atoms with E-state index in [1.54, 1.807) is 7.11 Å². The van der Waals surface area contributed by atoms with Gasteiger partial charge in [0.25, 0.3) is 0 Å². The number of aliphatic hydroxyl groups is 2. The van der Waals surface area contributed by atoms with E-state index >= 15 is 0 Å². The van der Waals surface area contributed by atoms with E-state index in [-0.39, 0.29) is 5.60 Å². The minimum Gasteiger partial charge on any atom is -0.497 e. The van der Waals surface area contributed by atoms with Crippen LogP contribution < -0.4 is 9.47 Å². The van der Waals surface area contributed by atoms with Crippen molar-refractivity contribution in [1.29, 1.82) is 0 Å². The van der Waals surface area contributed by atoms with Crippen molar-refractivity contribution >= 4 is 0 Å². The first-order valence-electron chi connectivity index (χ1n) is 11.7. The number of benzene rings is 3. The standard InChI is InChI=1S/C28H31NO4/c1-32-23-11-12-27-24(17-23)25(30)18-28(33-27)13-15-29(16-14-28)19-26(31)22-9-7-21(8-10-22)20-5-3-2-4-6-20/h2-12,17,25-26,30-31H,13-16,18-19H2,1H3/t25-,26-/m1/s1. The summed E-state index contributed by atoms with van der Waals surface area (Å²) in [5, 5.41) is 21.6. The van der Waals surface area contributed by atoms with Gasteiger partial charge in [0.2, 0.25) is 0 Å². The zero-order chi connectivity index (χ0) is 22.8. The van der Waals surface area contributed by atoms with Gasteiger partial charge in [0.15, 0.2) is 0 Å². The van der Waals surface area contributed by atoms with E-state index in [2.05, 4.69) is 29.2 Å². The Kier molecular flexibility index (Phi) is 6.11. The summed E-state index contributed by atoms with van der Waals surface area (Å²) in [7, 11) is 1.63. The molecular weight excluding hydrogens is 414 g/mol. The van der Waals surface area contributed by atoms with Crippen molar-refractivity contribution in [2.75, 3.05) is 26.7 Å². The number of ether oxygens (including phenoxy) is 2. The molecule has 1 fully saturated rings. The second kappa shape index (κ2) is 9.18. The third-order valence-electron chi connectivity index (χ3n) is 7.07. The lowest BCUT2D eigenvalue weighted by molar-refractivity contribution is -0.0588. The van der Waals surface area contributed by atoms with Crippen molar-refractivity contribution in [2.24, 2.45) is 0 Å². The summed E-state index contributed by atoms with van der Waals surface area (Å²) in [6, 6.07) is 24.1. The minimum absolute atomic E-state index is 0.347. The van der Waals surface area contributed by atoms with Crippen LogP contribution in [0.15, 0.2) is 72.8 Å². The fourth-order valence-corrected chi connectivity index (χ4v) is 5.07. The SMILES string of the molecule is COc1ccc2c(c1)[C@H](O)CC1(CCN(C[C@@H](O)c3ccc(-c4ccccc4)cc3)CC1)O2. The third-order valence-corrected chi connectivity index (χ3v) is 7.07. The van der Waals surface area contributed by atoms with Crippen molar-refractivity contribution in [2.45, 2.75) is 37.1 Å². The number of β-amino-alcohol motifs (C(OH)–C–C–N with tert-alkyl or cyclic N) is 1. The van der Waals surface area contributed by atoms with E-state index < -0.39 is 12.2 Å². The number of aliphatic hydroxyl groups excluding tert-OH is 2. The van der Waals surface area contributed by atoms with Crippen molar-refractivity contribution in [3.05, 3.63) is 83.9 Å². The predicted molar refractivity (Wildman–Crippen MR) is 128 cm³/mol. The largest absolute Gasteiger partial charge is 0.497 e. The summed E-state index contributed by atoms with van der Waals surface area (Å²) in [6.45, 7) is 2.26. The van der Waals surface area contributed by atoms with Gasteiger partial charge in [-0.1, -0.05) is 54.6 Å². The fraction of sp³-hybridized carbons (Fsp3) is 0.357. The van der Waals surface area contributed by atoms with Crippen LogP contribution in [0.4, 0.5) is 0 Å². The summed E-state index contributed by atoms with van der Waals surface area (Å²) < 4.78 is 11.7. The Labute approximate surface area is 195 Å². The van der Waals surface area contributed by atoms with Gasteiger partial charge in [-0.2, -0.15) is 0 Å². The Morgan fingerprint density at radius 3 is 2.39 bits per heavy atom. The van der Waals surface area contributed by atoms with Gasteiger partial charge in [-0.15, -0.1) is 0 Å². The first-order valence-corrected chi connectivity index (χ1v) is 11.7. The number of hydrogen-bond acceptors (Lipinski definition) is 5. The number of fused-ring (bicyclic) bond motifs is 1. The summed E-state index contributed by atoms with van der Waals surface area (Å²) in [4.78, 5) is 2.29. The second-order valence-corrected chi connectivity index (χ2v) is 9.21. The van der Waals surface area contributed by atoms with Crippen molar-refractivity contribution in [3.8, 4) is 22.6 Å². The maximum atomic E-state index is 10.8. The normalized spacial score (nSPS) is 20.6. The molecule has 5 rings (SSSR count). The quantitative estimate of drug-likeness (QED) is 0.594. The zero-order valence-corrected chi connectivity index (χ0v) is 19.0. The molecule has 2 aliphatic rings. The number of rotatable bonds is 5. The molecule has 5 heteroatoms. The van der Waals surface area contributed by atoms with Crippen LogP contribution in [-0.4, -0.2) is 47.5 Å². The molecule has 1 spiro atoms. The Hall–Kier alpha value is -2.86. The van der Waals surface area contributed by atoms with E-state index in [9.17, 15) is 10.2 Å². The minimum atomic E-state index is -0.552. The van der Waals surface area contributed by atoms with Crippen LogP contribution in [0.1, 0.15) is 42.6 Å². The molecule has 2 atom stereocenters. The summed E-state index contributed by atoms with van der Waals surface area (Å²) in [6.07, 6.45) is 1.16.